The van der Waals surface area contributed by atoms with Crippen LogP contribution in [0.1, 0.15) is 44.3 Å². The van der Waals surface area contributed by atoms with Crippen molar-refractivity contribution in [1.29, 1.82) is 0 Å². The van der Waals surface area contributed by atoms with Crippen LogP contribution < -0.4 is 14.2 Å². The van der Waals surface area contributed by atoms with Crippen molar-refractivity contribution in [1.82, 2.24) is 0 Å². The monoisotopic (exact) mass is 386 g/mol. The molecule has 0 heterocycles. The molecule has 0 spiro atoms. The van der Waals surface area contributed by atoms with E-state index >= 15 is 0 Å². The van der Waals surface area contributed by atoms with Crippen LogP contribution in [0.15, 0.2) is 24.3 Å². The van der Waals surface area contributed by atoms with Gasteiger partial charge in [-0.2, -0.15) is 0 Å². The first kappa shape index (κ1) is 21.3. The number of carbonyl (C=O) groups excluding carboxylic acids is 2. The molecule has 2 aromatic carbocycles. The quantitative estimate of drug-likeness (QED) is 0.528. The summed E-state index contributed by atoms with van der Waals surface area (Å²) in [6, 6.07) is 6.79. The zero-order valence-electron chi connectivity index (χ0n) is 17.3. The molecule has 0 aliphatic carbocycles. The summed E-state index contributed by atoms with van der Waals surface area (Å²) in [6.07, 6.45) is -0.953. The van der Waals surface area contributed by atoms with Gasteiger partial charge in [0.1, 0.15) is 11.3 Å². The molecule has 0 saturated carbocycles. The summed E-state index contributed by atoms with van der Waals surface area (Å²) in [5.41, 5.74) is 3.65. The Labute approximate surface area is 165 Å². The van der Waals surface area contributed by atoms with Gasteiger partial charge in [-0.3, -0.25) is 4.79 Å². The third kappa shape index (κ3) is 4.27. The first-order valence-corrected chi connectivity index (χ1v) is 8.86. The average Bonchev–Trinajstić information content (AvgIpc) is 2.68. The van der Waals surface area contributed by atoms with E-state index in [0.29, 0.717) is 17.1 Å². The fourth-order valence-corrected chi connectivity index (χ4v) is 2.91. The van der Waals surface area contributed by atoms with Gasteiger partial charge in [0.25, 0.3) is 0 Å². The predicted molar refractivity (Wildman–Crippen MR) is 106 cm³/mol. The van der Waals surface area contributed by atoms with Gasteiger partial charge < -0.3 is 18.9 Å². The standard InChI is InChI=1S/C22H26O6/c1-12-8-14(3)16(9-13(12)2)21(23)15(4)28-22(24)17-10-19(26-6)20(27-7)11-18(17)25-5/h8-11,15H,1-7H3. The van der Waals surface area contributed by atoms with Crippen LogP contribution in [0.4, 0.5) is 0 Å². The maximum Gasteiger partial charge on any atom is 0.342 e. The Morgan fingerprint density at radius 3 is 1.82 bits per heavy atom. The SMILES string of the molecule is COc1cc(OC)c(C(=O)OC(C)C(=O)c2cc(C)c(C)cc2C)cc1OC. The van der Waals surface area contributed by atoms with E-state index in [9.17, 15) is 9.59 Å². The molecule has 0 fully saturated rings. The predicted octanol–water partition coefficient (Wildman–Crippen LogP) is 4.07. The Kier molecular flexibility index (Phi) is 6.67. The lowest BCUT2D eigenvalue weighted by molar-refractivity contribution is 0.0315. The zero-order chi connectivity index (χ0) is 21.0. The molecule has 0 aliphatic rings. The van der Waals surface area contributed by atoms with E-state index in [1.54, 1.807) is 6.92 Å². The van der Waals surface area contributed by atoms with Crippen molar-refractivity contribution >= 4 is 11.8 Å². The molecule has 0 radical (unpaired) electrons. The molecule has 150 valence electrons. The second-order valence-electron chi connectivity index (χ2n) is 6.57. The topological polar surface area (TPSA) is 71.1 Å². The molecule has 6 heteroatoms. The zero-order valence-corrected chi connectivity index (χ0v) is 17.3. The van der Waals surface area contributed by atoms with E-state index in [4.69, 9.17) is 18.9 Å². The average molecular weight is 386 g/mol. The Hall–Kier alpha value is -3.02. The summed E-state index contributed by atoms with van der Waals surface area (Å²) in [4.78, 5) is 25.5. The van der Waals surface area contributed by atoms with Gasteiger partial charge in [-0.05, 0) is 50.5 Å². The molecule has 1 atom stereocenters. The molecule has 0 bridgehead atoms. The number of ether oxygens (including phenoxy) is 4. The van der Waals surface area contributed by atoms with Crippen molar-refractivity contribution < 1.29 is 28.5 Å². The van der Waals surface area contributed by atoms with Gasteiger partial charge in [-0.25, -0.2) is 4.79 Å². The number of ketones is 1. The molecule has 0 aromatic heterocycles. The van der Waals surface area contributed by atoms with Gasteiger partial charge in [0.05, 0.1) is 21.3 Å². The summed E-state index contributed by atoms with van der Waals surface area (Å²) in [7, 11) is 4.39. The van der Waals surface area contributed by atoms with Gasteiger partial charge in [0, 0.05) is 17.7 Å². The molecule has 0 N–H and O–H groups in total. The van der Waals surface area contributed by atoms with Crippen molar-refractivity contribution in [3.63, 3.8) is 0 Å². The molecule has 28 heavy (non-hydrogen) atoms. The van der Waals surface area contributed by atoms with Gasteiger partial charge in [-0.1, -0.05) is 6.07 Å². The van der Waals surface area contributed by atoms with E-state index in [0.717, 1.165) is 16.7 Å². The Balaban J connectivity index is 2.29. The molecular formula is C22H26O6. The van der Waals surface area contributed by atoms with Gasteiger partial charge in [0.15, 0.2) is 17.6 Å². The summed E-state index contributed by atoms with van der Waals surface area (Å²) in [6.45, 7) is 7.35. The molecule has 2 aromatic rings. The van der Waals surface area contributed by atoms with Crippen molar-refractivity contribution in [2.45, 2.75) is 33.8 Å². The van der Waals surface area contributed by atoms with E-state index in [1.165, 1.54) is 33.5 Å². The van der Waals surface area contributed by atoms with Gasteiger partial charge >= 0.3 is 5.97 Å². The highest BCUT2D eigenvalue weighted by Crippen LogP contribution is 2.35. The third-order valence-electron chi connectivity index (χ3n) is 4.68. The van der Waals surface area contributed by atoms with E-state index in [2.05, 4.69) is 0 Å². The lowest BCUT2D eigenvalue weighted by atomic mass is 9.96. The lowest BCUT2D eigenvalue weighted by Gasteiger charge is -2.17. The van der Waals surface area contributed by atoms with Crippen LogP contribution in [0.2, 0.25) is 0 Å². The van der Waals surface area contributed by atoms with Crippen LogP contribution in [0.3, 0.4) is 0 Å². The number of rotatable bonds is 7. The lowest BCUT2D eigenvalue weighted by Crippen LogP contribution is -2.25. The van der Waals surface area contributed by atoms with Crippen molar-refractivity contribution in [3.8, 4) is 17.2 Å². The summed E-state index contributed by atoms with van der Waals surface area (Å²) >= 11 is 0. The van der Waals surface area contributed by atoms with Crippen LogP contribution >= 0.6 is 0 Å². The normalized spacial score (nSPS) is 11.5. The Bertz CT molecular complexity index is 900. The molecule has 2 rings (SSSR count). The number of hydrogen-bond acceptors (Lipinski definition) is 6. The first-order valence-electron chi connectivity index (χ1n) is 8.86. The summed E-state index contributed by atoms with van der Waals surface area (Å²) < 4.78 is 21.1. The van der Waals surface area contributed by atoms with Crippen molar-refractivity contribution in [2.24, 2.45) is 0 Å². The molecule has 0 saturated heterocycles. The maximum atomic E-state index is 12.8. The minimum absolute atomic E-state index is 0.150. The van der Waals surface area contributed by atoms with E-state index in [1.807, 2.05) is 32.9 Å². The molecular weight excluding hydrogens is 360 g/mol. The molecule has 0 aliphatic heterocycles. The van der Waals surface area contributed by atoms with Gasteiger partial charge in [-0.15, -0.1) is 0 Å². The molecule has 0 amide bonds. The fraction of sp³-hybridized carbons (Fsp3) is 0.364. The van der Waals surface area contributed by atoms with Crippen LogP contribution in [0.25, 0.3) is 0 Å². The summed E-state index contributed by atoms with van der Waals surface area (Å²) in [5.74, 6) is 0.114. The molecule has 6 nitrogen and oxygen atoms in total. The number of hydrogen-bond donors (Lipinski definition) is 0. The Morgan fingerprint density at radius 2 is 1.25 bits per heavy atom. The van der Waals surface area contributed by atoms with Crippen LogP contribution in [0, 0.1) is 20.8 Å². The van der Waals surface area contributed by atoms with E-state index < -0.39 is 12.1 Å². The van der Waals surface area contributed by atoms with Crippen LogP contribution in [0.5, 0.6) is 17.2 Å². The van der Waals surface area contributed by atoms with Crippen LogP contribution in [-0.2, 0) is 4.74 Å². The number of carbonyl (C=O) groups is 2. The highest BCUT2D eigenvalue weighted by atomic mass is 16.5. The van der Waals surface area contributed by atoms with Crippen LogP contribution in [-0.4, -0.2) is 39.2 Å². The largest absolute Gasteiger partial charge is 0.496 e. The number of aryl methyl sites for hydroxylation is 3. The van der Waals surface area contributed by atoms with E-state index in [-0.39, 0.29) is 17.1 Å². The smallest absolute Gasteiger partial charge is 0.342 e. The number of methoxy groups -OCH3 is 3. The highest BCUT2D eigenvalue weighted by molar-refractivity contribution is 6.03. The fourth-order valence-electron chi connectivity index (χ4n) is 2.91. The van der Waals surface area contributed by atoms with Gasteiger partial charge in [0.2, 0.25) is 5.78 Å². The Morgan fingerprint density at radius 1 is 0.714 bits per heavy atom. The first-order chi connectivity index (χ1) is 13.2. The third-order valence-corrected chi connectivity index (χ3v) is 4.68. The second kappa shape index (κ2) is 8.78. The minimum atomic E-state index is -0.953. The second-order valence-corrected chi connectivity index (χ2v) is 6.57. The number of esters is 1. The number of Topliss-reactive ketones (excluding diaryl/α,β-unsaturated/α-hetero) is 1. The molecule has 1 unspecified atom stereocenters. The minimum Gasteiger partial charge on any atom is -0.496 e. The highest BCUT2D eigenvalue weighted by Gasteiger charge is 2.25. The summed E-state index contributed by atoms with van der Waals surface area (Å²) in [5, 5.41) is 0. The maximum absolute atomic E-state index is 12.8. The van der Waals surface area contributed by atoms with Crippen molar-refractivity contribution in [3.05, 3.63) is 52.1 Å². The number of benzene rings is 2. The van der Waals surface area contributed by atoms with Crippen molar-refractivity contribution in [2.75, 3.05) is 21.3 Å².